The minimum absolute atomic E-state index is 0.00422. The van der Waals surface area contributed by atoms with E-state index in [1.807, 2.05) is 37.3 Å². The van der Waals surface area contributed by atoms with Crippen molar-refractivity contribution in [1.82, 2.24) is 0 Å². The normalized spacial score (nSPS) is 14.6. The van der Waals surface area contributed by atoms with Crippen LogP contribution in [-0.4, -0.2) is 25.2 Å². The van der Waals surface area contributed by atoms with E-state index in [1.54, 1.807) is 6.08 Å². The van der Waals surface area contributed by atoms with Gasteiger partial charge in [-0.05, 0) is 35.8 Å². The molecule has 0 aromatic heterocycles. The van der Waals surface area contributed by atoms with Crippen LogP contribution in [0, 0.1) is 16.2 Å². The lowest BCUT2D eigenvalue weighted by atomic mass is 9.61. The molecule has 0 aliphatic rings. The van der Waals surface area contributed by atoms with Crippen LogP contribution in [0.5, 0.6) is 0 Å². The Kier molecular flexibility index (Phi) is 7.82. The molecule has 150 valence electrons. The number of hydrogen-bond acceptors (Lipinski definition) is 4. The third-order valence-corrected chi connectivity index (χ3v) is 4.76. The predicted octanol–water partition coefficient (Wildman–Crippen LogP) is 5.27. The number of esters is 2. The van der Waals surface area contributed by atoms with Gasteiger partial charge >= 0.3 is 11.9 Å². The molecule has 0 saturated carbocycles. The van der Waals surface area contributed by atoms with Crippen molar-refractivity contribution in [3.05, 3.63) is 42.0 Å². The molecule has 0 radical (unpaired) electrons. The summed E-state index contributed by atoms with van der Waals surface area (Å²) >= 11 is 0. The first-order chi connectivity index (χ1) is 12.3. The summed E-state index contributed by atoms with van der Waals surface area (Å²) in [5.41, 5.74) is 0.0500. The van der Waals surface area contributed by atoms with Gasteiger partial charge in [0.2, 0.25) is 0 Å². The number of benzene rings is 1. The Hall–Kier alpha value is -2.10. The van der Waals surface area contributed by atoms with Gasteiger partial charge in [-0.25, -0.2) is 4.79 Å². The molecule has 0 bridgehead atoms. The number of rotatable bonds is 7. The summed E-state index contributed by atoms with van der Waals surface area (Å²) in [5, 5.41) is 0. The summed E-state index contributed by atoms with van der Waals surface area (Å²) in [6, 6.07) is 9.50. The molecule has 0 aliphatic heterocycles. The minimum atomic E-state index is -0.623. The number of ether oxygens (including phenoxy) is 2. The van der Waals surface area contributed by atoms with E-state index >= 15 is 0 Å². The lowest BCUT2D eigenvalue weighted by molar-refractivity contribution is -0.167. The second-order valence-electron chi connectivity index (χ2n) is 9.37. The van der Waals surface area contributed by atoms with Gasteiger partial charge in [0.05, 0.1) is 5.41 Å². The maximum absolute atomic E-state index is 12.8. The van der Waals surface area contributed by atoms with E-state index in [-0.39, 0.29) is 30.0 Å². The number of hydrogen-bond donors (Lipinski definition) is 0. The molecule has 4 nitrogen and oxygen atoms in total. The van der Waals surface area contributed by atoms with Crippen LogP contribution in [0.4, 0.5) is 0 Å². The monoisotopic (exact) mass is 374 g/mol. The van der Waals surface area contributed by atoms with Crippen LogP contribution in [0.25, 0.3) is 6.08 Å². The highest BCUT2D eigenvalue weighted by Gasteiger charge is 2.47. The summed E-state index contributed by atoms with van der Waals surface area (Å²) in [5.74, 6) is -0.705. The van der Waals surface area contributed by atoms with E-state index in [4.69, 9.17) is 9.47 Å². The van der Waals surface area contributed by atoms with Crippen molar-refractivity contribution in [2.45, 2.75) is 54.9 Å². The standard InChI is InChI=1S/C23H34O4/c1-21(2,3)17-23(7,22(4,5)6)20(25)27-16-15-26-19(24)14-13-18-11-9-8-10-12-18/h8-14H,15-17H2,1-7H3/b14-13+. The van der Waals surface area contributed by atoms with Gasteiger partial charge in [0, 0.05) is 6.08 Å². The molecular weight excluding hydrogens is 340 g/mol. The smallest absolute Gasteiger partial charge is 0.330 e. The van der Waals surface area contributed by atoms with Crippen molar-refractivity contribution >= 4 is 18.0 Å². The summed E-state index contributed by atoms with van der Waals surface area (Å²) in [6.45, 7) is 14.5. The molecule has 27 heavy (non-hydrogen) atoms. The molecule has 0 heterocycles. The van der Waals surface area contributed by atoms with Crippen molar-refractivity contribution in [2.24, 2.45) is 16.2 Å². The van der Waals surface area contributed by atoms with Crippen molar-refractivity contribution in [2.75, 3.05) is 13.2 Å². The van der Waals surface area contributed by atoms with Crippen molar-refractivity contribution in [3.63, 3.8) is 0 Å². The number of carbonyl (C=O) groups is 2. The van der Waals surface area contributed by atoms with Gasteiger partial charge in [-0.2, -0.15) is 0 Å². The fourth-order valence-electron chi connectivity index (χ4n) is 2.92. The second-order valence-corrected chi connectivity index (χ2v) is 9.37. The van der Waals surface area contributed by atoms with Gasteiger partial charge in [0.25, 0.3) is 0 Å². The van der Waals surface area contributed by atoms with E-state index in [2.05, 4.69) is 41.5 Å². The maximum atomic E-state index is 12.8. The third-order valence-electron chi connectivity index (χ3n) is 4.76. The van der Waals surface area contributed by atoms with Gasteiger partial charge in [-0.15, -0.1) is 0 Å². The molecule has 1 aromatic rings. The fourth-order valence-corrected chi connectivity index (χ4v) is 2.92. The van der Waals surface area contributed by atoms with Gasteiger partial charge in [-0.3, -0.25) is 4.79 Å². The zero-order valence-electron chi connectivity index (χ0n) is 17.8. The second kappa shape index (κ2) is 9.20. The van der Waals surface area contributed by atoms with Crippen LogP contribution >= 0.6 is 0 Å². The Morgan fingerprint density at radius 3 is 1.96 bits per heavy atom. The summed E-state index contributed by atoms with van der Waals surface area (Å²) in [7, 11) is 0. The van der Waals surface area contributed by atoms with Crippen LogP contribution in [0.1, 0.15) is 60.5 Å². The van der Waals surface area contributed by atoms with Gasteiger partial charge < -0.3 is 9.47 Å². The zero-order chi connectivity index (χ0) is 20.7. The van der Waals surface area contributed by atoms with Crippen LogP contribution < -0.4 is 0 Å². The van der Waals surface area contributed by atoms with E-state index < -0.39 is 11.4 Å². The van der Waals surface area contributed by atoms with Crippen LogP contribution in [0.3, 0.4) is 0 Å². The Balaban J connectivity index is 2.52. The largest absolute Gasteiger partial charge is 0.462 e. The molecule has 1 rings (SSSR count). The molecule has 4 heteroatoms. The summed E-state index contributed by atoms with van der Waals surface area (Å²) < 4.78 is 10.6. The van der Waals surface area contributed by atoms with Crippen LogP contribution in [-0.2, 0) is 19.1 Å². The first-order valence-corrected chi connectivity index (χ1v) is 9.42. The Bertz CT molecular complexity index is 647. The average molecular weight is 375 g/mol. The molecule has 0 aliphatic carbocycles. The molecule has 1 unspecified atom stereocenters. The lowest BCUT2D eigenvalue weighted by Crippen LogP contribution is -2.44. The quantitative estimate of drug-likeness (QED) is 0.370. The first kappa shape index (κ1) is 22.9. The van der Waals surface area contributed by atoms with Crippen molar-refractivity contribution in [1.29, 1.82) is 0 Å². The van der Waals surface area contributed by atoms with Crippen molar-refractivity contribution in [3.8, 4) is 0 Å². The van der Waals surface area contributed by atoms with Gasteiger partial charge in [0.15, 0.2) is 0 Å². The molecular formula is C23H34O4. The zero-order valence-corrected chi connectivity index (χ0v) is 17.8. The molecule has 0 spiro atoms. The maximum Gasteiger partial charge on any atom is 0.330 e. The number of carbonyl (C=O) groups excluding carboxylic acids is 2. The molecule has 1 aromatic carbocycles. The third kappa shape index (κ3) is 7.58. The Labute approximate surface area is 163 Å². The predicted molar refractivity (Wildman–Crippen MR) is 109 cm³/mol. The molecule has 0 N–H and O–H groups in total. The van der Waals surface area contributed by atoms with Crippen LogP contribution in [0.15, 0.2) is 36.4 Å². The molecule has 1 atom stereocenters. The van der Waals surface area contributed by atoms with E-state index in [9.17, 15) is 9.59 Å². The van der Waals surface area contributed by atoms with E-state index in [0.29, 0.717) is 6.42 Å². The topological polar surface area (TPSA) is 52.6 Å². The summed E-state index contributed by atoms with van der Waals surface area (Å²) in [4.78, 5) is 24.5. The van der Waals surface area contributed by atoms with E-state index in [0.717, 1.165) is 5.56 Å². The highest BCUT2D eigenvalue weighted by molar-refractivity contribution is 5.87. The Morgan fingerprint density at radius 1 is 0.889 bits per heavy atom. The molecule has 0 amide bonds. The first-order valence-electron chi connectivity index (χ1n) is 9.42. The fraction of sp³-hybridized carbons (Fsp3) is 0.565. The Morgan fingerprint density at radius 2 is 1.44 bits per heavy atom. The average Bonchev–Trinajstić information content (AvgIpc) is 2.55. The summed E-state index contributed by atoms with van der Waals surface area (Å²) in [6.07, 6.45) is 3.77. The van der Waals surface area contributed by atoms with E-state index in [1.165, 1.54) is 6.08 Å². The lowest BCUT2D eigenvalue weighted by Gasteiger charge is -2.43. The van der Waals surface area contributed by atoms with Gasteiger partial charge in [0.1, 0.15) is 13.2 Å². The highest BCUT2D eigenvalue weighted by Crippen LogP contribution is 2.47. The highest BCUT2D eigenvalue weighted by atomic mass is 16.6. The molecule has 0 saturated heterocycles. The van der Waals surface area contributed by atoms with Crippen LogP contribution in [0.2, 0.25) is 0 Å². The van der Waals surface area contributed by atoms with Gasteiger partial charge in [-0.1, -0.05) is 71.9 Å². The SMILES string of the molecule is CC(C)(C)CC(C)(C(=O)OCCOC(=O)/C=C/c1ccccc1)C(C)(C)C. The van der Waals surface area contributed by atoms with Crippen molar-refractivity contribution < 1.29 is 19.1 Å². The minimum Gasteiger partial charge on any atom is -0.462 e. The molecule has 0 fully saturated rings.